The quantitative estimate of drug-likeness (QED) is 0.180. The second-order valence-electron chi connectivity index (χ2n) is 9.16. The van der Waals surface area contributed by atoms with Crippen molar-refractivity contribution in [3.8, 4) is 5.69 Å². The van der Waals surface area contributed by atoms with Crippen LogP contribution in [0.5, 0.6) is 0 Å². The molecule has 0 saturated heterocycles. The Kier molecular flexibility index (Phi) is 7.45. The van der Waals surface area contributed by atoms with Gasteiger partial charge >= 0.3 is 0 Å². The van der Waals surface area contributed by atoms with Gasteiger partial charge in [-0.1, -0.05) is 29.5 Å². The maximum absolute atomic E-state index is 14.0. The van der Waals surface area contributed by atoms with Crippen molar-refractivity contribution >= 4 is 76.8 Å². The largest absolute Gasteiger partial charge is 0.323 e. The Morgan fingerprint density at radius 3 is 2.53 bits per heavy atom. The molecule has 0 fully saturated rings. The van der Waals surface area contributed by atoms with E-state index in [-0.39, 0.29) is 17.2 Å². The summed E-state index contributed by atoms with van der Waals surface area (Å²) in [7, 11) is 0. The van der Waals surface area contributed by atoms with Gasteiger partial charge in [-0.05, 0) is 113 Å². The summed E-state index contributed by atoms with van der Waals surface area (Å²) >= 11 is 9.99. The first-order chi connectivity index (χ1) is 17.2. The average molecular weight is 647 g/mol. The number of aryl methyl sites for hydroxylation is 5. The number of hydrogen-bond acceptors (Lipinski definition) is 5. The zero-order chi connectivity index (χ0) is 25.6. The summed E-state index contributed by atoms with van der Waals surface area (Å²) in [5.41, 5.74) is 5.83. The molecule has 0 spiro atoms. The summed E-state index contributed by atoms with van der Waals surface area (Å²) < 4.78 is 3.32. The van der Waals surface area contributed by atoms with Crippen molar-refractivity contribution in [3.63, 3.8) is 0 Å². The van der Waals surface area contributed by atoms with Gasteiger partial charge in [0.25, 0.3) is 5.56 Å². The fraction of sp³-hybridized carbons (Fsp3) is 0.296. The molecule has 1 aliphatic carbocycles. The number of amides is 1. The van der Waals surface area contributed by atoms with Crippen molar-refractivity contribution < 1.29 is 4.79 Å². The van der Waals surface area contributed by atoms with E-state index in [0.717, 1.165) is 67.2 Å². The third kappa shape index (κ3) is 4.95. The van der Waals surface area contributed by atoms with Crippen molar-refractivity contribution in [3.05, 3.63) is 76.8 Å². The van der Waals surface area contributed by atoms with E-state index < -0.39 is 0 Å². The fourth-order valence-corrected chi connectivity index (χ4v) is 8.40. The first kappa shape index (κ1) is 25.7. The molecule has 2 aromatic carbocycles. The summed E-state index contributed by atoms with van der Waals surface area (Å²) in [6, 6.07) is 9.97. The number of carbonyl (C=O) groups excluding carboxylic acids is 1. The van der Waals surface area contributed by atoms with E-state index in [1.165, 1.54) is 22.2 Å². The van der Waals surface area contributed by atoms with E-state index in [1.807, 2.05) is 45.0 Å². The molecule has 0 aliphatic heterocycles. The number of halogens is 2. The molecule has 1 amide bonds. The van der Waals surface area contributed by atoms with Crippen LogP contribution in [0.2, 0.25) is 0 Å². The van der Waals surface area contributed by atoms with Crippen LogP contribution >= 0.6 is 55.0 Å². The summed E-state index contributed by atoms with van der Waals surface area (Å²) in [5, 5.41) is 4.26. The van der Waals surface area contributed by atoms with E-state index in [4.69, 9.17) is 4.98 Å². The van der Waals surface area contributed by atoms with Crippen LogP contribution in [0.25, 0.3) is 15.9 Å². The molecular formula is C27H25Br2N3O2S2. The van der Waals surface area contributed by atoms with E-state index in [9.17, 15) is 9.59 Å². The molecule has 0 atom stereocenters. The van der Waals surface area contributed by atoms with Crippen LogP contribution < -0.4 is 10.9 Å². The minimum Gasteiger partial charge on any atom is -0.323 e. The highest BCUT2D eigenvalue weighted by Crippen LogP contribution is 2.36. The maximum Gasteiger partial charge on any atom is 0.267 e. The van der Waals surface area contributed by atoms with Gasteiger partial charge in [0.05, 0.1) is 22.5 Å². The lowest BCUT2D eigenvalue weighted by Gasteiger charge is -2.16. The molecule has 4 aromatic rings. The standard InChI is InChI=1S/C27H25Br2N3O2S2/c1-14-8-9-20(16(3)10-14)32-26(34)23-17-6-4-5-7-21(17)36-25(23)31-27(32)35-13-22(33)30-24-18(28)11-15(2)12-19(24)29/h8-12H,4-7,13H2,1-3H3,(H,30,33). The Balaban J connectivity index is 1.54. The number of carbonyl (C=O) groups is 1. The van der Waals surface area contributed by atoms with Gasteiger partial charge in [-0.25, -0.2) is 4.98 Å². The average Bonchev–Trinajstić information content (AvgIpc) is 3.19. The summed E-state index contributed by atoms with van der Waals surface area (Å²) in [5.74, 6) is -0.0435. The molecule has 5 nitrogen and oxygen atoms in total. The van der Waals surface area contributed by atoms with Crippen molar-refractivity contribution in [1.82, 2.24) is 9.55 Å². The number of thiophene rings is 1. The molecule has 0 bridgehead atoms. The van der Waals surface area contributed by atoms with Crippen LogP contribution in [0.1, 0.15) is 40.0 Å². The van der Waals surface area contributed by atoms with Gasteiger partial charge in [0.2, 0.25) is 5.91 Å². The number of nitrogens with one attached hydrogen (secondary N) is 1. The Morgan fingerprint density at radius 1 is 1.08 bits per heavy atom. The molecule has 1 aliphatic rings. The minimum atomic E-state index is -0.169. The molecule has 1 N–H and O–H groups in total. The third-order valence-electron chi connectivity index (χ3n) is 6.33. The molecule has 0 unspecified atom stereocenters. The number of anilines is 1. The van der Waals surface area contributed by atoms with Crippen LogP contribution in [-0.2, 0) is 17.6 Å². The van der Waals surface area contributed by atoms with Crippen LogP contribution in [0.4, 0.5) is 5.69 Å². The molecular weight excluding hydrogens is 622 g/mol. The number of thioether (sulfide) groups is 1. The highest BCUT2D eigenvalue weighted by Gasteiger charge is 2.24. The summed E-state index contributed by atoms with van der Waals surface area (Å²) in [6.45, 7) is 6.04. The predicted molar refractivity (Wildman–Crippen MR) is 157 cm³/mol. The van der Waals surface area contributed by atoms with Crippen LogP contribution in [-0.4, -0.2) is 21.2 Å². The Morgan fingerprint density at radius 2 is 1.81 bits per heavy atom. The van der Waals surface area contributed by atoms with Crippen molar-refractivity contribution in [1.29, 1.82) is 0 Å². The van der Waals surface area contributed by atoms with Crippen molar-refractivity contribution in [2.75, 3.05) is 11.1 Å². The van der Waals surface area contributed by atoms with Gasteiger partial charge in [-0.3, -0.25) is 14.2 Å². The van der Waals surface area contributed by atoms with Crippen LogP contribution in [0, 0.1) is 20.8 Å². The highest BCUT2D eigenvalue weighted by molar-refractivity contribution is 9.11. The number of hydrogen-bond donors (Lipinski definition) is 1. The second-order valence-corrected chi connectivity index (χ2v) is 12.9. The van der Waals surface area contributed by atoms with Gasteiger partial charge in [-0.2, -0.15) is 0 Å². The zero-order valence-electron chi connectivity index (χ0n) is 20.2. The SMILES string of the molecule is Cc1ccc(-n2c(SCC(=O)Nc3c(Br)cc(C)cc3Br)nc3sc4c(c3c2=O)CCCC4)c(C)c1. The highest BCUT2D eigenvalue weighted by atomic mass is 79.9. The lowest BCUT2D eigenvalue weighted by molar-refractivity contribution is -0.113. The van der Waals surface area contributed by atoms with Gasteiger partial charge in [0.1, 0.15) is 4.83 Å². The summed E-state index contributed by atoms with van der Waals surface area (Å²) in [4.78, 5) is 33.9. The predicted octanol–water partition coefficient (Wildman–Crippen LogP) is 7.51. The smallest absolute Gasteiger partial charge is 0.267 e. The first-order valence-corrected chi connectivity index (χ1v) is 15.1. The number of aromatic nitrogens is 2. The Labute approximate surface area is 235 Å². The molecule has 2 heterocycles. The molecule has 0 radical (unpaired) electrons. The molecule has 36 heavy (non-hydrogen) atoms. The monoisotopic (exact) mass is 645 g/mol. The van der Waals surface area contributed by atoms with E-state index in [1.54, 1.807) is 15.9 Å². The first-order valence-electron chi connectivity index (χ1n) is 11.8. The fourth-order valence-electron chi connectivity index (χ4n) is 4.68. The normalized spacial score (nSPS) is 13.1. The van der Waals surface area contributed by atoms with Gasteiger partial charge < -0.3 is 5.32 Å². The molecule has 186 valence electrons. The second kappa shape index (κ2) is 10.4. The maximum atomic E-state index is 14.0. The minimum absolute atomic E-state index is 0.0433. The lowest BCUT2D eigenvalue weighted by Crippen LogP contribution is -2.24. The zero-order valence-corrected chi connectivity index (χ0v) is 25.0. The van der Waals surface area contributed by atoms with Gasteiger partial charge in [0, 0.05) is 13.8 Å². The molecule has 2 aromatic heterocycles. The summed E-state index contributed by atoms with van der Waals surface area (Å²) in [6.07, 6.45) is 4.18. The Hall–Kier alpha value is -1.94. The number of benzene rings is 2. The van der Waals surface area contributed by atoms with Gasteiger partial charge in [0.15, 0.2) is 5.16 Å². The van der Waals surface area contributed by atoms with Crippen molar-refractivity contribution in [2.45, 2.75) is 51.6 Å². The molecule has 5 rings (SSSR count). The molecule has 9 heteroatoms. The lowest BCUT2D eigenvalue weighted by atomic mass is 9.97. The number of fused-ring (bicyclic) bond motifs is 3. The number of nitrogens with zero attached hydrogens (tertiary/aromatic N) is 2. The van der Waals surface area contributed by atoms with Gasteiger partial charge in [-0.15, -0.1) is 11.3 Å². The van der Waals surface area contributed by atoms with Crippen LogP contribution in [0.3, 0.4) is 0 Å². The van der Waals surface area contributed by atoms with Crippen LogP contribution in [0.15, 0.2) is 49.2 Å². The van der Waals surface area contributed by atoms with E-state index in [2.05, 4.69) is 43.2 Å². The third-order valence-corrected chi connectivity index (χ3v) is 9.71. The van der Waals surface area contributed by atoms with E-state index in [0.29, 0.717) is 10.8 Å². The Bertz CT molecular complexity index is 1550. The number of rotatable bonds is 5. The molecule has 0 saturated carbocycles. The topological polar surface area (TPSA) is 64.0 Å². The van der Waals surface area contributed by atoms with E-state index >= 15 is 0 Å². The van der Waals surface area contributed by atoms with Crippen molar-refractivity contribution in [2.24, 2.45) is 0 Å².